The standard InChI is InChI=1S/C27H27N5O2S/c1-3-18-10-14-21(15-11-18)28-26(33)24-23(19-12-16-22(17-13-19)34-4-2)31-32-25(29-30-27(32)35-24)20-8-6-5-7-9-20/h5-17,23-24,31H,3-4H2,1-2H3,(H,28,33)/t23-,24-/m1/s1. The molecule has 0 saturated heterocycles. The largest absolute Gasteiger partial charge is 0.494 e. The summed E-state index contributed by atoms with van der Waals surface area (Å²) in [5.74, 6) is 1.41. The monoisotopic (exact) mass is 485 g/mol. The number of hydrogen-bond acceptors (Lipinski definition) is 6. The number of nitrogens with one attached hydrogen (secondary N) is 2. The van der Waals surface area contributed by atoms with E-state index in [1.165, 1.54) is 17.3 Å². The average Bonchev–Trinajstić information content (AvgIpc) is 3.32. The number of ether oxygens (including phenoxy) is 1. The van der Waals surface area contributed by atoms with E-state index in [-0.39, 0.29) is 11.9 Å². The second kappa shape index (κ2) is 10.2. The molecule has 0 fully saturated rings. The molecule has 2 heterocycles. The van der Waals surface area contributed by atoms with Gasteiger partial charge in [0.1, 0.15) is 11.0 Å². The van der Waals surface area contributed by atoms with E-state index in [1.807, 2.05) is 90.5 Å². The fourth-order valence-corrected chi connectivity index (χ4v) is 5.13. The van der Waals surface area contributed by atoms with Crippen LogP contribution in [0.5, 0.6) is 5.75 Å². The first kappa shape index (κ1) is 23.0. The van der Waals surface area contributed by atoms with Gasteiger partial charge >= 0.3 is 0 Å². The molecule has 178 valence electrons. The average molecular weight is 486 g/mol. The van der Waals surface area contributed by atoms with Crippen LogP contribution in [0.15, 0.2) is 84.0 Å². The number of thioether (sulfide) groups is 1. The lowest BCUT2D eigenvalue weighted by atomic mass is 10.0. The quantitative estimate of drug-likeness (QED) is 0.370. The molecule has 1 aliphatic heterocycles. The van der Waals surface area contributed by atoms with Crippen molar-refractivity contribution in [3.63, 3.8) is 0 Å². The zero-order chi connectivity index (χ0) is 24.2. The van der Waals surface area contributed by atoms with E-state index in [2.05, 4.69) is 27.9 Å². The van der Waals surface area contributed by atoms with Crippen molar-refractivity contribution in [2.24, 2.45) is 0 Å². The molecule has 4 aromatic rings. The Labute approximate surface area is 208 Å². The summed E-state index contributed by atoms with van der Waals surface area (Å²) in [6.07, 6.45) is 0.954. The maximum atomic E-state index is 13.5. The highest BCUT2D eigenvalue weighted by atomic mass is 32.2. The summed E-state index contributed by atoms with van der Waals surface area (Å²) in [7, 11) is 0. The summed E-state index contributed by atoms with van der Waals surface area (Å²) in [6, 6.07) is 25.4. The molecule has 0 spiro atoms. The highest BCUT2D eigenvalue weighted by Crippen LogP contribution is 2.39. The molecule has 0 saturated carbocycles. The smallest absolute Gasteiger partial charge is 0.240 e. The number of fused-ring (bicyclic) bond motifs is 1. The maximum Gasteiger partial charge on any atom is 0.240 e. The van der Waals surface area contributed by atoms with Gasteiger partial charge in [0.05, 0.1) is 12.6 Å². The third-order valence-electron chi connectivity index (χ3n) is 5.91. The molecule has 5 rings (SSSR count). The first-order valence-electron chi connectivity index (χ1n) is 11.7. The molecular weight excluding hydrogens is 458 g/mol. The van der Waals surface area contributed by atoms with Crippen molar-refractivity contribution >= 4 is 23.4 Å². The van der Waals surface area contributed by atoms with Gasteiger partial charge in [0, 0.05) is 11.3 Å². The Morgan fingerprint density at radius 1 is 1.00 bits per heavy atom. The predicted octanol–water partition coefficient (Wildman–Crippen LogP) is 5.30. The topological polar surface area (TPSA) is 81.1 Å². The van der Waals surface area contributed by atoms with Crippen LogP contribution in [0.2, 0.25) is 0 Å². The summed E-state index contributed by atoms with van der Waals surface area (Å²) in [5, 5.41) is 12.1. The minimum Gasteiger partial charge on any atom is -0.494 e. The summed E-state index contributed by atoms with van der Waals surface area (Å²) < 4.78 is 7.49. The van der Waals surface area contributed by atoms with Gasteiger partial charge in [-0.1, -0.05) is 73.3 Å². The van der Waals surface area contributed by atoms with Crippen LogP contribution in [0, 0.1) is 0 Å². The van der Waals surface area contributed by atoms with Crippen molar-refractivity contribution in [1.82, 2.24) is 14.9 Å². The van der Waals surface area contributed by atoms with Crippen LogP contribution >= 0.6 is 11.8 Å². The van der Waals surface area contributed by atoms with Gasteiger partial charge in [0.15, 0.2) is 5.82 Å². The van der Waals surface area contributed by atoms with E-state index >= 15 is 0 Å². The fourth-order valence-electron chi connectivity index (χ4n) is 4.05. The summed E-state index contributed by atoms with van der Waals surface area (Å²) in [4.78, 5) is 13.5. The maximum absolute atomic E-state index is 13.5. The fraction of sp³-hybridized carbons (Fsp3) is 0.222. The van der Waals surface area contributed by atoms with Crippen LogP contribution < -0.4 is 15.5 Å². The molecule has 1 aromatic heterocycles. The number of amides is 1. The number of nitrogens with zero attached hydrogens (tertiary/aromatic N) is 3. The summed E-state index contributed by atoms with van der Waals surface area (Å²) in [5.41, 5.74) is 7.44. The molecule has 0 aliphatic carbocycles. The van der Waals surface area contributed by atoms with Crippen molar-refractivity contribution < 1.29 is 9.53 Å². The SMILES string of the molecule is CCOc1ccc([C@H]2Nn3c(nnc3-c3ccccc3)S[C@H]2C(=O)Nc2ccc(CC)cc2)cc1. The lowest BCUT2D eigenvalue weighted by molar-refractivity contribution is -0.116. The number of anilines is 1. The number of rotatable bonds is 7. The van der Waals surface area contributed by atoms with Crippen LogP contribution in [0.3, 0.4) is 0 Å². The number of aryl methyl sites for hydroxylation is 1. The molecule has 0 radical (unpaired) electrons. The predicted molar refractivity (Wildman–Crippen MR) is 139 cm³/mol. The van der Waals surface area contributed by atoms with Crippen molar-refractivity contribution in [2.45, 2.75) is 36.7 Å². The van der Waals surface area contributed by atoms with Gasteiger partial charge in [-0.2, -0.15) is 0 Å². The molecule has 0 bridgehead atoms. The Hall–Kier alpha value is -3.78. The minimum absolute atomic E-state index is 0.0962. The molecule has 1 aliphatic rings. The Balaban J connectivity index is 1.47. The zero-order valence-electron chi connectivity index (χ0n) is 19.6. The Bertz CT molecular complexity index is 1290. The van der Waals surface area contributed by atoms with Crippen molar-refractivity contribution in [1.29, 1.82) is 0 Å². The van der Waals surface area contributed by atoms with Gasteiger partial charge in [-0.05, 0) is 48.7 Å². The van der Waals surface area contributed by atoms with Crippen LogP contribution in [0.1, 0.15) is 31.0 Å². The minimum atomic E-state index is -0.459. The number of carbonyl (C=O) groups excluding carboxylic acids is 1. The molecule has 35 heavy (non-hydrogen) atoms. The Morgan fingerprint density at radius 2 is 1.74 bits per heavy atom. The molecule has 7 nitrogen and oxygen atoms in total. The summed E-state index contributed by atoms with van der Waals surface area (Å²) >= 11 is 1.41. The number of carbonyl (C=O) groups is 1. The van der Waals surface area contributed by atoms with E-state index in [1.54, 1.807) is 0 Å². The second-order valence-electron chi connectivity index (χ2n) is 8.19. The van der Waals surface area contributed by atoms with Gasteiger partial charge in [0.2, 0.25) is 11.1 Å². The number of hydrogen-bond donors (Lipinski definition) is 2. The Morgan fingerprint density at radius 3 is 2.43 bits per heavy atom. The van der Waals surface area contributed by atoms with Gasteiger partial charge in [-0.3, -0.25) is 4.79 Å². The van der Waals surface area contributed by atoms with Gasteiger partial charge in [-0.25, -0.2) is 4.68 Å². The van der Waals surface area contributed by atoms with E-state index in [0.717, 1.165) is 29.0 Å². The molecule has 8 heteroatoms. The highest BCUT2D eigenvalue weighted by Gasteiger charge is 2.38. The van der Waals surface area contributed by atoms with Crippen molar-refractivity contribution in [3.05, 3.63) is 90.0 Å². The third-order valence-corrected chi connectivity index (χ3v) is 7.12. The van der Waals surface area contributed by atoms with Crippen LogP contribution in [-0.2, 0) is 11.2 Å². The Kier molecular flexibility index (Phi) is 6.72. The van der Waals surface area contributed by atoms with E-state index in [4.69, 9.17) is 4.74 Å². The van der Waals surface area contributed by atoms with Crippen molar-refractivity contribution in [2.75, 3.05) is 17.3 Å². The van der Waals surface area contributed by atoms with Gasteiger partial charge in [0.25, 0.3) is 0 Å². The highest BCUT2D eigenvalue weighted by molar-refractivity contribution is 8.00. The molecule has 0 unspecified atom stereocenters. The lowest BCUT2D eigenvalue weighted by Gasteiger charge is -2.33. The number of benzene rings is 3. The van der Waals surface area contributed by atoms with Gasteiger partial charge < -0.3 is 15.5 Å². The van der Waals surface area contributed by atoms with Gasteiger partial charge in [-0.15, -0.1) is 10.2 Å². The lowest BCUT2D eigenvalue weighted by Crippen LogP contribution is -2.41. The second-order valence-corrected chi connectivity index (χ2v) is 9.30. The van der Waals surface area contributed by atoms with Crippen LogP contribution in [0.4, 0.5) is 5.69 Å². The van der Waals surface area contributed by atoms with E-state index < -0.39 is 5.25 Å². The first-order valence-corrected chi connectivity index (χ1v) is 12.6. The summed E-state index contributed by atoms with van der Waals surface area (Å²) in [6.45, 7) is 4.67. The van der Waals surface area contributed by atoms with Crippen LogP contribution in [-0.4, -0.2) is 32.6 Å². The molecular formula is C27H27N5O2S. The number of aromatic nitrogens is 3. The van der Waals surface area contributed by atoms with E-state index in [0.29, 0.717) is 17.6 Å². The normalized spacial score (nSPS) is 16.7. The molecule has 2 atom stereocenters. The van der Waals surface area contributed by atoms with E-state index in [9.17, 15) is 4.79 Å². The molecule has 3 aromatic carbocycles. The van der Waals surface area contributed by atoms with Crippen molar-refractivity contribution in [3.8, 4) is 17.1 Å². The molecule has 1 amide bonds. The first-order chi connectivity index (χ1) is 17.2. The zero-order valence-corrected chi connectivity index (χ0v) is 20.5. The molecule has 2 N–H and O–H groups in total. The van der Waals surface area contributed by atoms with Crippen LogP contribution in [0.25, 0.3) is 11.4 Å². The third kappa shape index (κ3) is 4.88.